The van der Waals surface area contributed by atoms with Crippen molar-refractivity contribution < 1.29 is 23.5 Å². The zero-order chi connectivity index (χ0) is 13.1. The minimum absolute atomic E-state index is 0.101. The number of ether oxygens (including phenoxy) is 2. The number of hydrogen-bond acceptors (Lipinski definition) is 7. The van der Waals surface area contributed by atoms with Gasteiger partial charge in [0.1, 0.15) is 6.26 Å². The Kier molecular flexibility index (Phi) is 1.94. The highest BCUT2D eigenvalue weighted by Gasteiger charge is 2.66. The van der Waals surface area contributed by atoms with E-state index < -0.39 is 17.8 Å². The predicted octanol–water partition coefficient (Wildman–Crippen LogP) is 0.0667. The second-order valence-electron chi connectivity index (χ2n) is 5.44. The van der Waals surface area contributed by atoms with E-state index in [1.165, 1.54) is 0 Å². The summed E-state index contributed by atoms with van der Waals surface area (Å²) in [5.74, 6) is -2.33. The van der Waals surface area contributed by atoms with E-state index in [0.29, 0.717) is 18.7 Å². The van der Waals surface area contributed by atoms with E-state index >= 15 is 0 Å². The Morgan fingerprint density at radius 2 is 2.11 bits per heavy atom. The number of piperidine rings is 1. The summed E-state index contributed by atoms with van der Waals surface area (Å²) < 4.78 is 15.6. The monoisotopic (exact) mass is 264 g/mol. The molecule has 0 saturated carbocycles. The zero-order valence-corrected chi connectivity index (χ0v) is 10.1. The summed E-state index contributed by atoms with van der Waals surface area (Å²) in [6, 6.07) is 0. The summed E-state index contributed by atoms with van der Waals surface area (Å²) in [6.45, 7) is 1.46. The third kappa shape index (κ3) is 1.45. The second-order valence-corrected chi connectivity index (χ2v) is 5.44. The van der Waals surface area contributed by atoms with E-state index in [4.69, 9.17) is 13.9 Å². The number of carbonyl (C=O) groups excluding carboxylic acids is 2. The van der Waals surface area contributed by atoms with Gasteiger partial charge in [-0.25, -0.2) is 19.5 Å². The molecule has 3 aliphatic rings. The molecule has 1 spiro atoms. The number of esters is 2. The van der Waals surface area contributed by atoms with Crippen molar-refractivity contribution in [3.05, 3.63) is 18.4 Å². The van der Waals surface area contributed by atoms with Gasteiger partial charge in [0.15, 0.2) is 5.89 Å². The predicted molar refractivity (Wildman–Crippen MR) is 58.4 cm³/mol. The van der Waals surface area contributed by atoms with Crippen LogP contribution < -0.4 is 0 Å². The first-order chi connectivity index (χ1) is 9.11. The first-order valence-electron chi connectivity index (χ1n) is 6.21. The van der Waals surface area contributed by atoms with Crippen LogP contribution in [0.1, 0.15) is 18.7 Å². The molecular formula is C12H12N2O5. The molecule has 3 aliphatic heterocycles. The summed E-state index contributed by atoms with van der Waals surface area (Å²) in [5, 5.41) is 0. The molecule has 2 bridgehead atoms. The van der Waals surface area contributed by atoms with Crippen LogP contribution in [0, 0.1) is 5.41 Å². The van der Waals surface area contributed by atoms with E-state index in [1.807, 2.05) is 4.90 Å². The SMILES string of the molecule is O=C1OC2(CC3(Cc4ncco4)CCN2C3)OC1=O. The van der Waals surface area contributed by atoms with Gasteiger partial charge in [-0.15, -0.1) is 0 Å². The summed E-state index contributed by atoms with van der Waals surface area (Å²) in [6.07, 6.45) is 5.25. The highest BCUT2D eigenvalue weighted by atomic mass is 16.8. The van der Waals surface area contributed by atoms with Gasteiger partial charge in [0, 0.05) is 31.3 Å². The minimum Gasteiger partial charge on any atom is -0.449 e. The largest absolute Gasteiger partial charge is 0.449 e. The number of rotatable bonds is 2. The average Bonchev–Trinajstić information content (AvgIpc) is 3.07. The van der Waals surface area contributed by atoms with Gasteiger partial charge in [-0.05, 0) is 6.42 Å². The van der Waals surface area contributed by atoms with Crippen molar-refractivity contribution in [1.82, 2.24) is 9.88 Å². The fraction of sp³-hybridized carbons (Fsp3) is 0.583. The molecule has 7 nitrogen and oxygen atoms in total. The first kappa shape index (κ1) is 11.0. The van der Waals surface area contributed by atoms with Crippen molar-refractivity contribution in [2.24, 2.45) is 5.41 Å². The van der Waals surface area contributed by atoms with Crippen LogP contribution in [0.4, 0.5) is 0 Å². The fourth-order valence-electron chi connectivity index (χ4n) is 3.42. The highest BCUT2D eigenvalue weighted by molar-refractivity contribution is 6.31. The van der Waals surface area contributed by atoms with Gasteiger partial charge in [-0.2, -0.15) is 0 Å². The highest BCUT2D eigenvalue weighted by Crippen LogP contribution is 2.53. The second kappa shape index (κ2) is 3.36. The number of oxazole rings is 1. The van der Waals surface area contributed by atoms with Crippen LogP contribution in [0.15, 0.2) is 16.9 Å². The average molecular weight is 264 g/mol. The molecule has 1 aromatic heterocycles. The van der Waals surface area contributed by atoms with Gasteiger partial charge in [-0.3, -0.25) is 0 Å². The number of hydrogen-bond donors (Lipinski definition) is 0. The van der Waals surface area contributed by atoms with Crippen LogP contribution in [0.5, 0.6) is 0 Å². The Morgan fingerprint density at radius 1 is 1.32 bits per heavy atom. The Morgan fingerprint density at radius 3 is 2.79 bits per heavy atom. The molecule has 2 unspecified atom stereocenters. The molecule has 3 saturated heterocycles. The molecule has 0 aliphatic carbocycles. The Bertz CT molecular complexity index is 538. The van der Waals surface area contributed by atoms with Crippen molar-refractivity contribution >= 4 is 11.9 Å². The summed E-state index contributed by atoms with van der Waals surface area (Å²) in [4.78, 5) is 28.6. The summed E-state index contributed by atoms with van der Waals surface area (Å²) >= 11 is 0. The lowest BCUT2D eigenvalue weighted by Gasteiger charge is -2.33. The van der Waals surface area contributed by atoms with Crippen molar-refractivity contribution in [1.29, 1.82) is 0 Å². The van der Waals surface area contributed by atoms with E-state index in [0.717, 1.165) is 19.5 Å². The fourth-order valence-corrected chi connectivity index (χ4v) is 3.42. The van der Waals surface area contributed by atoms with Gasteiger partial charge in [0.25, 0.3) is 0 Å². The minimum atomic E-state index is -1.18. The topological polar surface area (TPSA) is 81.9 Å². The Balaban J connectivity index is 1.61. The van der Waals surface area contributed by atoms with Gasteiger partial charge in [0.2, 0.25) is 0 Å². The van der Waals surface area contributed by atoms with Crippen LogP contribution in [0.2, 0.25) is 0 Å². The molecule has 4 rings (SSSR count). The lowest BCUT2D eigenvalue weighted by molar-refractivity contribution is -0.241. The van der Waals surface area contributed by atoms with Crippen molar-refractivity contribution in [2.75, 3.05) is 13.1 Å². The number of aromatic nitrogens is 1. The van der Waals surface area contributed by atoms with E-state index in [2.05, 4.69) is 4.98 Å². The van der Waals surface area contributed by atoms with Crippen molar-refractivity contribution in [3.8, 4) is 0 Å². The van der Waals surface area contributed by atoms with Crippen LogP contribution in [-0.4, -0.2) is 40.8 Å². The molecule has 0 amide bonds. The molecule has 19 heavy (non-hydrogen) atoms. The molecule has 0 aromatic carbocycles. The molecule has 100 valence electrons. The smallest absolute Gasteiger partial charge is 0.421 e. The molecular weight excluding hydrogens is 252 g/mol. The quantitative estimate of drug-likeness (QED) is 0.552. The number of fused-ring (bicyclic) bond motifs is 3. The maximum atomic E-state index is 11.3. The summed E-state index contributed by atoms with van der Waals surface area (Å²) in [7, 11) is 0. The van der Waals surface area contributed by atoms with Gasteiger partial charge in [0.05, 0.1) is 6.20 Å². The first-order valence-corrected chi connectivity index (χ1v) is 6.21. The van der Waals surface area contributed by atoms with Crippen LogP contribution in [-0.2, 0) is 25.5 Å². The van der Waals surface area contributed by atoms with Gasteiger partial charge in [-0.1, -0.05) is 0 Å². The van der Waals surface area contributed by atoms with Crippen molar-refractivity contribution in [3.63, 3.8) is 0 Å². The van der Waals surface area contributed by atoms with Crippen molar-refractivity contribution in [2.45, 2.75) is 25.2 Å². The van der Waals surface area contributed by atoms with Crippen LogP contribution >= 0.6 is 0 Å². The zero-order valence-electron chi connectivity index (χ0n) is 10.1. The maximum absolute atomic E-state index is 11.3. The maximum Gasteiger partial charge on any atom is 0.421 e. The molecule has 2 atom stereocenters. The molecule has 3 fully saturated rings. The van der Waals surface area contributed by atoms with Crippen LogP contribution in [0.25, 0.3) is 0 Å². The Hall–Kier alpha value is -1.89. The standard InChI is InChI=1S/C12H12N2O5/c15-9-10(16)19-12(18-9)6-11(1-3-14(12)7-11)5-8-13-2-4-17-8/h2,4H,1,3,5-7H2. The molecule has 7 heteroatoms. The molecule has 4 heterocycles. The third-order valence-electron chi connectivity index (χ3n) is 4.20. The van der Waals surface area contributed by atoms with E-state index in [-0.39, 0.29) is 5.41 Å². The normalized spacial score (nSPS) is 34.8. The summed E-state index contributed by atoms with van der Waals surface area (Å²) in [5.41, 5.74) is -0.101. The number of carbonyl (C=O) groups is 2. The van der Waals surface area contributed by atoms with Gasteiger partial charge < -0.3 is 13.9 Å². The Labute approximate surface area is 108 Å². The lowest BCUT2D eigenvalue weighted by Crippen LogP contribution is -2.46. The molecule has 1 aromatic rings. The molecule has 0 N–H and O–H groups in total. The van der Waals surface area contributed by atoms with E-state index in [1.54, 1.807) is 12.5 Å². The van der Waals surface area contributed by atoms with Gasteiger partial charge >= 0.3 is 17.8 Å². The molecule has 0 radical (unpaired) electrons. The lowest BCUT2D eigenvalue weighted by atomic mass is 9.80. The number of nitrogens with zero attached hydrogens (tertiary/aromatic N) is 2. The van der Waals surface area contributed by atoms with E-state index in [9.17, 15) is 9.59 Å². The third-order valence-corrected chi connectivity index (χ3v) is 4.20. The van der Waals surface area contributed by atoms with Crippen LogP contribution in [0.3, 0.4) is 0 Å².